The topological polar surface area (TPSA) is 112 Å². The molecule has 9 nitrogen and oxygen atoms in total. The molecule has 3 aromatic rings. The minimum Gasteiger partial charge on any atom is -0.481 e. The van der Waals surface area contributed by atoms with Gasteiger partial charge in [-0.25, -0.2) is 14.4 Å². The summed E-state index contributed by atoms with van der Waals surface area (Å²) in [6, 6.07) is 7.42. The van der Waals surface area contributed by atoms with Gasteiger partial charge in [0.25, 0.3) is 0 Å². The maximum Gasteiger partial charge on any atom is 0.235 e. The van der Waals surface area contributed by atoms with Crippen molar-refractivity contribution in [3.8, 4) is 5.88 Å². The van der Waals surface area contributed by atoms with Gasteiger partial charge in [0.1, 0.15) is 17.0 Å². The van der Waals surface area contributed by atoms with E-state index in [9.17, 15) is 14.3 Å². The Morgan fingerprint density at radius 2 is 2.08 bits per heavy atom. The van der Waals surface area contributed by atoms with Gasteiger partial charge in [-0.05, 0) is 49.3 Å². The molecule has 0 unspecified atom stereocenters. The van der Waals surface area contributed by atoms with E-state index in [-0.39, 0.29) is 23.2 Å². The van der Waals surface area contributed by atoms with Crippen molar-refractivity contribution in [2.45, 2.75) is 49.3 Å². The number of rotatable bonds is 5. The molecule has 1 saturated carbocycles. The zero-order valence-corrected chi connectivity index (χ0v) is 21.4. The van der Waals surface area contributed by atoms with Gasteiger partial charge in [0.15, 0.2) is 5.82 Å². The van der Waals surface area contributed by atoms with E-state index in [0.29, 0.717) is 60.2 Å². The van der Waals surface area contributed by atoms with E-state index in [0.717, 1.165) is 29.9 Å². The molecule has 0 radical (unpaired) electrons. The molecule has 6 rings (SSSR count). The minimum absolute atomic E-state index is 0.00586. The van der Waals surface area contributed by atoms with Crippen molar-refractivity contribution in [2.75, 3.05) is 36.2 Å². The summed E-state index contributed by atoms with van der Waals surface area (Å²) in [5, 5.41) is 17.2. The number of nitrogens with zero attached hydrogens (tertiary/aromatic N) is 4. The molecule has 0 aromatic carbocycles. The number of ether oxygens (including phenoxy) is 1. The Balaban J connectivity index is 1.12. The van der Waals surface area contributed by atoms with Crippen LogP contribution in [0.25, 0.3) is 11.0 Å². The minimum atomic E-state index is -0.455. The summed E-state index contributed by atoms with van der Waals surface area (Å²) in [4.78, 5) is 28.0. The number of piperidine rings is 1. The van der Waals surface area contributed by atoms with Gasteiger partial charge in [0.2, 0.25) is 11.8 Å². The SMILES string of the molecule is COc1ccc2ncc(F)c(N3CCC4(CC3)C[C@H](NCc3ccc5c(n3)NC(=O)CS5)[C@@H](O)C4)c2n1. The molecule has 1 saturated heterocycles. The number of carbonyl (C=O) groups is 1. The van der Waals surface area contributed by atoms with Crippen molar-refractivity contribution in [2.24, 2.45) is 5.41 Å². The number of thioether (sulfide) groups is 1. The lowest BCUT2D eigenvalue weighted by atomic mass is 9.76. The number of halogens is 1. The van der Waals surface area contributed by atoms with Gasteiger partial charge in [0, 0.05) is 31.7 Å². The number of methoxy groups -OCH3 is 1. The summed E-state index contributed by atoms with van der Waals surface area (Å²) in [5.41, 5.74) is 2.44. The molecule has 3 N–H and O–H groups in total. The number of carbonyl (C=O) groups excluding carboxylic acids is 1. The number of aliphatic hydroxyl groups is 1. The third-order valence-electron chi connectivity index (χ3n) is 7.80. The summed E-state index contributed by atoms with van der Waals surface area (Å²) in [6.07, 6.45) is 4.09. The Labute approximate surface area is 218 Å². The van der Waals surface area contributed by atoms with E-state index in [2.05, 4.69) is 25.6 Å². The van der Waals surface area contributed by atoms with Crippen LogP contribution in [0, 0.1) is 11.2 Å². The number of aliphatic hydroxyl groups excluding tert-OH is 1. The van der Waals surface area contributed by atoms with Gasteiger partial charge in [-0.3, -0.25) is 9.78 Å². The van der Waals surface area contributed by atoms with E-state index in [4.69, 9.17) is 4.74 Å². The second kappa shape index (κ2) is 9.70. The number of aromatic nitrogens is 3. The number of hydrogen-bond donors (Lipinski definition) is 3. The Morgan fingerprint density at radius 1 is 1.24 bits per heavy atom. The highest BCUT2D eigenvalue weighted by atomic mass is 32.2. The van der Waals surface area contributed by atoms with Crippen molar-refractivity contribution in [1.82, 2.24) is 20.3 Å². The average molecular weight is 525 g/mol. The molecule has 1 amide bonds. The van der Waals surface area contributed by atoms with Crippen LogP contribution in [0.3, 0.4) is 0 Å². The molecule has 3 aliphatic rings. The predicted octanol–water partition coefficient (Wildman–Crippen LogP) is 3.12. The fraction of sp³-hybridized carbons (Fsp3) is 0.462. The van der Waals surface area contributed by atoms with E-state index in [1.165, 1.54) is 18.0 Å². The number of fused-ring (bicyclic) bond motifs is 2. The maximum absolute atomic E-state index is 15.0. The molecule has 3 aromatic heterocycles. The molecule has 1 spiro atoms. The van der Waals surface area contributed by atoms with E-state index in [1.54, 1.807) is 19.2 Å². The maximum atomic E-state index is 15.0. The van der Waals surface area contributed by atoms with E-state index < -0.39 is 6.10 Å². The van der Waals surface area contributed by atoms with Gasteiger partial charge in [-0.1, -0.05) is 0 Å². The molecule has 1 aliphatic carbocycles. The van der Waals surface area contributed by atoms with E-state index >= 15 is 0 Å². The predicted molar refractivity (Wildman–Crippen MR) is 139 cm³/mol. The van der Waals surface area contributed by atoms with Gasteiger partial charge in [-0.2, -0.15) is 0 Å². The summed E-state index contributed by atoms with van der Waals surface area (Å²) >= 11 is 1.49. The first-order chi connectivity index (χ1) is 17.9. The van der Waals surface area contributed by atoms with Crippen LogP contribution >= 0.6 is 11.8 Å². The van der Waals surface area contributed by atoms with Crippen LogP contribution < -0.4 is 20.3 Å². The molecule has 37 heavy (non-hydrogen) atoms. The van der Waals surface area contributed by atoms with Crippen LogP contribution in [0.2, 0.25) is 0 Å². The number of amides is 1. The zero-order chi connectivity index (χ0) is 25.6. The monoisotopic (exact) mass is 524 g/mol. The van der Waals surface area contributed by atoms with Crippen molar-refractivity contribution in [3.05, 3.63) is 42.0 Å². The van der Waals surface area contributed by atoms with Crippen LogP contribution in [0.1, 0.15) is 31.4 Å². The van der Waals surface area contributed by atoms with Crippen LogP contribution in [-0.2, 0) is 11.3 Å². The third kappa shape index (κ3) is 4.71. The first kappa shape index (κ1) is 24.3. The molecular formula is C26H29FN6O3S. The Kier molecular flexibility index (Phi) is 6.37. The number of pyridine rings is 3. The van der Waals surface area contributed by atoms with E-state index in [1.807, 2.05) is 17.0 Å². The van der Waals surface area contributed by atoms with Crippen molar-refractivity contribution in [1.29, 1.82) is 0 Å². The second-order valence-corrected chi connectivity index (χ2v) is 11.1. The largest absolute Gasteiger partial charge is 0.481 e. The lowest BCUT2D eigenvalue weighted by Gasteiger charge is -2.40. The molecule has 194 valence electrons. The van der Waals surface area contributed by atoms with Crippen LogP contribution in [0.5, 0.6) is 5.88 Å². The summed E-state index contributed by atoms with van der Waals surface area (Å²) in [6.45, 7) is 1.87. The Morgan fingerprint density at radius 3 is 2.89 bits per heavy atom. The summed E-state index contributed by atoms with van der Waals surface area (Å²) in [5.74, 6) is 1.03. The molecule has 11 heteroatoms. The van der Waals surface area contributed by atoms with Gasteiger partial charge >= 0.3 is 0 Å². The normalized spacial score (nSPS) is 22.8. The lowest BCUT2D eigenvalue weighted by molar-refractivity contribution is -0.113. The highest BCUT2D eigenvalue weighted by Crippen LogP contribution is 2.47. The van der Waals surface area contributed by atoms with Crippen LogP contribution in [-0.4, -0.2) is 64.1 Å². The fourth-order valence-corrected chi connectivity index (χ4v) is 6.62. The summed E-state index contributed by atoms with van der Waals surface area (Å²) < 4.78 is 20.2. The number of hydrogen-bond acceptors (Lipinski definition) is 9. The fourth-order valence-electron chi connectivity index (χ4n) is 5.86. The molecular weight excluding hydrogens is 495 g/mol. The van der Waals surface area contributed by atoms with Crippen LogP contribution in [0.15, 0.2) is 35.4 Å². The molecule has 2 fully saturated rings. The molecule has 2 aliphatic heterocycles. The average Bonchev–Trinajstić information content (AvgIpc) is 3.21. The molecule has 2 atom stereocenters. The lowest BCUT2D eigenvalue weighted by Crippen LogP contribution is -2.40. The van der Waals surface area contributed by atoms with Crippen molar-refractivity contribution >= 4 is 40.2 Å². The molecule has 5 heterocycles. The first-order valence-electron chi connectivity index (χ1n) is 12.5. The highest BCUT2D eigenvalue weighted by Gasteiger charge is 2.46. The highest BCUT2D eigenvalue weighted by molar-refractivity contribution is 8.00. The number of anilines is 2. The second-order valence-electron chi connectivity index (χ2n) is 10.1. The quantitative estimate of drug-likeness (QED) is 0.463. The molecule has 0 bridgehead atoms. The Hall–Kier alpha value is -3.02. The summed E-state index contributed by atoms with van der Waals surface area (Å²) in [7, 11) is 1.54. The standard InChI is InChI=1S/C26H29FN6O3S/c1-36-22-5-3-17-23(32-22)24(16(27)13-29-17)33-8-6-26(7-9-33)10-18(19(34)11-26)28-12-15-2-4-20-25(30-15)31-21(35)14-37-20/h2-5,13,18-19,28,34H,6-12,14H2,1H3,(H,30,31,35)/t18-,19-/m0/s1. The smallest absolute Gasteiger partial charge is 0.235 e. The van der Waals surface area contributed by atoms with Gasteiger partial charge in [0.05, 0.1) is 41.3 Å². The third-order valence-corrected chi connectivity index (χ3v) is 8.85. The van der Waals surface area contributed by atoms with Gasteiger partial charge in [-0.15, -0.1) is 11.8 Å². The Bertz CT molecular complexity index is 1350. The zero-order valence-electron chi connectivity index (χ0n) is 20.5. The van der Waals surface area contributed by atoms with Gasteiger partial charge < -0.3 is 25.4 Å². The van der Waals surface area contributed by atoms with Crippen molar-refractivity contribution < 1.29 is 19.0 Å². The van der Waals surface area contributed by atoms with Crippen molar-refractivity contribution in [3.63, 3.8) is 0 Å². The first-order valence-corrected chi connectivity index (χ1v) is 13.5. The van der Waals surface area contributed by atoms with Crippen LogP contribution in [0.4, 0.5) is 15.9 Å². The number of nitrogens with one attached hydrogen (secondary N) is 2.